The summed E-state index contributed by atoms with van der Waals surface area (Å²) in [5.41, 5.74) is 6.49. The SMILES string of the molecule is CCn1c2ccc(CCCC3CCCC3)cc2c2cc(C(=O)c3ccccc3C)ccc21. The maximum absolute atomic E-state index is 13.3. The Balaban J connectivity index is 1.50. The van der Waals surface area contributed by atoms with Crippen LogP contribution in [-0.4, -0.2) is 10.4 Å². The summed E-state index contributed by atoms with van der Waals surface area (Å²) in [4.78, 5) is 13.3. The first-order valence-electron chi connectivity index (χ1n) is 12.3. The topological polar surface area (TPSA) is 22.0 Å². The van der Waals surface area contributed by atoms with Gasteiger partial charge in [0.2, 0.25) is 0 Å². The van der Waals surface area contributed by atoms with E-state index in [4.69, 9.17) is 0 Å². The average molecular weight is 424 g/mol. The van der Waals surface area contributed by atoms with Gasteiger partial charge in [0.15, 0.2) is 5.78 Å². The minimum atomic E-state index is 0.107. The number of carbonyl (C=O) groups excluding carboxylic acids is 1. The monoisotopic (exact) mass is 423 g/mol. The van der Waals surface area contributed by atoms with Crippen LogP contribution in [0.25, 0.3) is 21.8 Å². The van der Waals surface area contributed by atoms with E-state index in [1.807, 2.05) is 37.3 Å². The number of carbonyl (C=O) groups is 1. The molecular formula is C30H33NO. The summed E-state index contributed by atoms with van der Waals surface area (Å²) < 4.78 is 2.37. The number of rotatable bonds is 7. The Labute approximate surface area is 191 Å². The van der Waals surface area contributed by atoms with Gasteiger partial charge in [-0.15, -0.1) is 0 Å². The smallest absolute Gasteiger partial charge is 0.193 e. The van der Waals surface area contributed by atoms with Gasteiger partial charge in [0, 0.05) is 39.5 Å². The van der Waals surface area contributed by atoms with Crippen LogP contribution in [0.3, 0.4) is 0 Å². The van der Waals surface area contributed by atoms with Crippen LogP contribution in [-0.2, 0) is 13.0 Å². The summed E-state index contributed by atoms with van der Waals surface area (Å²) in [7, 11) is 0. The standard InChI is InChI=1S/C30H33NO/c1-3-31-28-17-15-23(13-8-12-22-10-5-6-11-22)19-26(28)27-20-24(16-18-29(27)31)30(32)25-14-7-4-9-21(25)2/h4,7,9,14-20,22H,3,5-6,8,10-13H2,1-2H3. The van der Waals surface area contributed by atoms with E-state index in [0.717, 1.165) is 35.6 Å². The molecule has 1 aliphatic rings. The minimum Gasteiger partial charge on any atom is -0.341 e. The Hall–Kier alpha value is -2.87. The van der Waals surface area contributed by atoms with Gasteiger partial charge >= 0.3 is 0 Å². The molecule has 0 unspecified atom stereocenters. The Bertz CT molecular complexity index is 1270. The van der Waals surface area contributed by atoms with Crippen LogP contribution in [0.1, 0.15) is 72.5 Å². The number of hydrogen-bond acceptors (Lipinski definition) is 1. The highest BCUT2D eigenvalue weighted by Crippen LogP contribution is 2.33. The Morgan fingerprint density at radius 3 is 2.41 bits per heavy atom. The summed E-state index contributed by atoms with van der Waals surface area (Å²) in [5, 5.41) is 2.47. The van der Waals surface area contributed by atoms with Crippen molar-refractivity contribution in [1.82, 2.24) is 4.57 Å². The zero-order chi connectivity index (χ0) is 22.1. The molecule has 0 spiro atoms. The fourth-order valence-corrected chi connectivity index (χ4v) is 5.67. The molecule has 1 aromatic heterocycles. The lowest BCUT2D eigenvalue weighted by atomic mass is 9.96. The lowest BCUT2D eigenvalue weighted by Gasteiger charge is -2.08. The molecule has 0 N–H and O–H groups in total. The van der Waals surface area contributed by atoms with Gasteiger partial charge in [0.25, 0.3) is 0 Å². The van der Waals surface area contributed by atoms with E-state index >= 15 is 0 Å². The summed E-state index contributed by atoms with van der Waals surface area (Å²) in [6, 6.07) is 21.1. The number of hydrogen-bond donors (Lipinski definition) is 0. The number of nitrogens with zero attached hydrogens (tertiary/aromatic N) is 1. The molecule has 0 atom stereocenters. The molecule has 0 radical (unpaired) electrons. The number of aryl methyl sites for hydroxylation is 3. The molecule has 0 aliphatic heterocycles. The normalized spacial score (nSPS) is 14.6. The van der Waals surface area contributed by atoms with Crippen LogP contribution in [0, 0.1) is 12.8 Å². The number of fused-ring (bicyclic) bond motifs is 3. The largest absolute Gasteiger partial charge is 0.341 e. The maximum Gasteiger partial charge on any atom is 0.193 e. The first-order chi connectivity index (χ1) is 15.7. The molecule has 5 rings (SSSR count). The van der Waals surface area contributed by atoms with Crippen LogP contribution < -0.4 is 0 Å². The Morgan fingerprint density at radius 2 is 1.66 bits per heavy atom. The molecule has 1 heterocycles. The van der Waals surface area contributed by atoms with Gasteiger partial charge in [-0.1, -0.05) is 62.4 Å². The highest BCUT2D eigenvalue weighted by Gasteiger charge is 2.17. The van der Waals surface area contributed by atoms with Crippen molar-refractivity contribution >= 4 is 27.6 Å². The maximum atomic E-state index is 13.3. The molecule has 1 aliphatic carbocycles. The summed E-state index contributed by atoms with van der Waals surface area (Å²) in [5.74, 6) is 1.06. The van der Waals surface area contributed by atoms with E-state index in [-0.39, 0.29) is 5.78 Å². The molecule has 32 heavy (non-hydrogen) atoms. The molecule has 0 bridgehead atoms. The van der Waals surface area contributed by atoms with Crippen LogP contribution in [0.15, 0.2) is 60.7 Å². The quantitative estimate of drug-likeness (QED) is 0.277. The third kappa shape index (κ3) is 3.88. The Morgan fingerprint density at radius 1 is 0.938 bits per heavy atom. The van der Waals surface area contributed by atoms with Crippen LogP contribution in [0.4, 0.5) is 0 Å². The van der Waals surface area contributed by atoms with Gasteiger partial charge in [-0.3, -0.25) is 4.79 Å². The third-order valence-corrected chi connectivity index (χ3v) is 7.45. The van der Waals surface area contributed by atoms with E-state index in [2.05, 4.69) is 41.8 Å². The second-order valence-corrected chi connectivity index (χ2v) is 9.51. The van der Waals surface area contributed by atoms with Crippen molar-refractivity contribution in [2.45, 2.75) is 65.3 Å². The van der Waals surface area contributed by atoms with E-state index < -0.39 is 0 Å². The molecule has 3 aromatic carbocycles. The van der Waals surface area contributed by atoms with Crippen LogP contribution in [0.5, 0.6) is 0 Å². The molecule has 0 saturated heterocycles. The first kappa shape index (κ1) is 21.0. The van der Waals surface area contributed by atoms with Crippen LogP contribution in [0.2, 0.25) is 0 Å². The predicted octanol–water partition coefficient (Wildman–Crippen LogP) is 7.87. The highest BCUT2D eigenvalue weighted by molar-refractivity contribution is 6.15. The fraction of sp³-hybridized carbons (Fsp3) is 0.367. The van der Waals surface area contributed by atoms with Gasteiger partial charge in [0.1, 0.15) is 0 Å². The van der Waals surface area contributed by atoms with E-state index in [9.17, 15) is 4.79 Å². The van der Waals surface area contributed by atoms with Crippen molar-refractivity contribution < 1.29 is 4.79 Å². The van der Waals surface area contributed by atoms with Gasteiger partial charge in [-0.2, -0.15) is 0 Å². The van der Waals surface area contributed by atoms with Crippen molar-refractivity contribution in [3.63, 3.8) is 0 Å². The predicted molar refractivity (Wildman–Crippen MR) is 135 cm³/mol. The second-order valence-electron chi connectivity index (χ2n) is 9.51. The van der Waals surface area contributed by atoms with E-state index in [1.54, 1.807) is 0 Å². The fourth-order valence-electron chi connectivity index (χ4n) is 5.67. The van der Waals surface area contributed by atoms with Crippen molar-refractivity contribution in [2.75, 3.05) is 0 Å². The average Bonchev–Trinajstić information content (AvgIpc) is 3.44. The summed E-state index contributed by atoms with van der Waals surface area (Å²) in [6.07, 6.45) is 9.51. The lowest BCUT2D eigenvalue weighted by Crippen LogP contribution is -2.03. The molecule has 4 aromatic rings. The molecule has 1 fully saturated rings. The zero-order valence-electron chi connectivity index (χ0n) is 19.4. The molecule has 1 saturated carbocycles. The third-order valence-electron chi connectivity index (χ3n) is 7.45. The van der Waals surface area contributed by atoms with Gasteiger partial charge in [-0.05, 0) is 74.1 Å². The minimum absolute atomic E-state index is 0.107. The van der Waals surface area contributed by atoms with Crippen molar-refractivity contribution in [2.24, 2.45) is 5.92 Å². The summed E-state index contributed by atoms with van der Waals surface area (Å²) >= 11 is 0. The highest BCUT2D eigenvalue weighted by atomic mass is 16.1. The number of aromatic nitrogens is 1. The summed E-state index contributed by atoms with van der Waals surface area (Å²) in [6.45, 7) is 5.12. The zero-order valence-corrected chi connectivity index (χ0v) is 19.4. The molecular weight excluding hydrogens is 390 g/mol. The Kier molecular flexibility index (Phi) is 5.87. The van der Waals surface area contributed by atoms with E-state index in [0.29, 0.717) is 0 Å². The van der Waals surface area contributed by atoms with Crippen molar-refractivity contribution in [3.8, 4) is 0 Å². The van der Waals surface area contributed by atoms with Gasteiger partial charge in [-0.25, -0.2) is 0 Å². The molecule has 164 valence electrons. The van der Waals surface area contributed by atoms with Crippen LogP contribution >= 0.6 is 0 Å². The second kappa shape index (κ2) is 8.94. The lowest BCUT2D eigenvalue weighted by molar-refractivity contribution is 0.103. The van der Waals surface area contributed by atoms with Crippen molar-refractivity contribution in [1.29, 1.82) is 0 Å². The first-order valence-corrected chi connectivity index (χ1v) is 12.3. The van der Waals surface area contributed by atoms with Gasteiger partial charge in [0.05, 0.1) is 0 Å². The van der Waals surface area contributed by atoms with Gasteiger partial charge < -0.3 is 4.57 Å². The van der Waals surface area contributed by atoms with Crippen molar-refractivity contribution in [3.05, 3.63) is 82.9 Å². The molecule has 0 amide bonds. The number of ketones is 1. The number of benzene rings is 3. The molecule has 2 nitrogen and oxygen atoms in total. The van der Waals surface area contributed by atoms with E-state index in [1.165, 1.54) is 65.9 Å². The molecule has 2 heteroatoms.